The van der Waals surface area contributed by atoms with E-state index in [0.29, 0.717) is 0 Å². The zero-order chi connectivity index (χ0) is 12.6. The molecule has 2 rings (SSSR count). The molecule has 1 aliphatic carbocycles. The van der Waals surface area contributed by atoms with Gasteiger partial charge in [-0.05, 0) is 5.56 Å². The fourth-order valence-electron chi connectivity index (χ4n) is 1.93. The van der Waals surface area contributed by atoms with E-state index in [2.05, 4.69) is 4.79 Å². The van der Waals surface area contributed by atoms with Gasteiger partial charge in [-0.1, -0.05) is 24.3 Å². The maximum absolute atomic E-state index is 11.7. The minimum Gasteiger partial charge on any atom is -0.362 e. The van der Waals surface area contributed by atoms with Crippen molar-refractivity contribution in [3.05, 3.63) is 40.9 Å². The third-order valence-corrected chi connectivity index (χ3v) is 3.74. The van der Waals surface area contributed by atoms with Crippen LogP contribution in [0.15, 0.2) is 24.3 Å². The molecule has 0 aromatic heterocycles. The highest BCUT2D eigenvalue weighted by Crippen LogP contribution is 2.32. The van der Waals surface area contributed by atoms with E-state index in [9.17, 15) is 13.2 Å². The van der Waals surface area contributed by atoms with Gasteiger partial charge in [0.2, 0.25) is 5.25 Å². The summed E-state index contributed by atoms with van der Waals surface area (Å²) >= 11 is 0. The summed E-state index contributed by atoms with van der Waals surface area (Å²) in [5.41, 5.74) is 8.82. The molecule has 0 aliphatic heterocycles. The highest BCUT2D eigenvalue weighted by molar-refractivity contribution is 7.86. The number of hydrogen-bond acceptors (Lipinski definition) is 3. The summed E-state index contributed by atoms with van der Waals surface area (Å²) in [4.78, 5) is 14.5. The summed E-state index contributed by atoms with van der Waals surface area (Å²) in [6.45, 7) is 0. The largest absolute Gasteiger partial charge is 0.362 e. The first-order chi connectivity index (χ1) is 7.95. The van der Waals surface area contributed by atoms with Crippen molar-refractivity contribution in [3.8, 4) is 0 Å². The van der Waals surface area contributed by atoms with Gasteiger partial charge < -0.3 is 5.53 Å². The van der Waals surface area contributed by atoms with Crippen molar-refractivity contribution in [1.82, 2.24) is 0 Å². The summed E-state index contributed by atoms with van der Waals surface area (Å²) in [7, 11) is -4.47. The molecular weight excluding hydrogens is 244 g/mol. The molecule has 17 heavy (non-hydrogen) atoms. The second-order valence-corrected chi connectivity index (χ2v) is 5.17. The molecule has 1 atom stereocenters. The van der Waals surface area contributed by atoms with Crippen molar-refractivity contribution in [2.24, 2.45) is 0 Å². The molecule has 1 aromatic rings. The molecule has 6 nitrogen and oxygen atoms in total. The number of Topliss-reactive ketones (excluding diaryl/α,β-unsaturated/α-hetero) is 1. The Morgan fingerprint density at radius 1 is 1.35 bits per heavy atom. The monoisotopic (exact) mass is 252 g/mol. The number of carbonyl (C=O) groups is 1. The van der Waals surface area contributed by atoms with Crippen LogP contribution in [-0.4, -0.2) is 29.3 Å². The predicted octanol–water partition coefficient (Wildman–Crippen LogP) is 0.873. The number of benzene rings is 1. The maximum Gasteiger partial charge on any atom is 0.301 e. The molecule has 7 heteroatoms. The molecule has 1 N–H and O–H groups in total. The van der Waals surface area contributed by atoms with E-state index in [0.717, 1.165) is 0 Å². The Kier molecular flexibility index (Phi) is 2.66. The molecule has 0 bridgehead atoms. The molecule has 1 aromatic carbocycles. The Labute approximate surface area is 97.3 Å². The molecule has 0 radical (unpaired) electrons. The lowest BCUT2D eigenvalue weighted by Gasteiger charge is -2.18. The fraction of sp³-hybridized carbons (Fsp3) is 0.200. The van der Waals surface area contributed by atoms with Crippen LogP contribution in [0.3, 0.4) is 0 Å². The zero-order valence-electron chi connectivity index (χ0n) is 8.57. The second kappa shape index (κ2) is 3.89. The summed E-state index contributed by atoms with van der Waals surface area (Å²) in [5, 5.41) is -1.47. The topological polar surface area (TPSA) is 108 Å². The number of carbonyl (C=O) groups excluding carboxylic acids is 1. The smallest absolute Gasteiger partial charge is 0.301 e. The van der Waals surface area contributed by atoms with E-state index in [1.165, 1.54) is 12.1 Å². The van der Waals surface area contributed by atoms with Crippen LogP contribution in [0.25, 0.3) is 5.53 Å². The van der Waals surface area contributed by atoms with Crippen LogP contribution in [0.1, 0.15) is 27.6 Å². The first-order valence-corrected chi connectivity index (χ1v) is 6.24. The molecule has 0 spiro atoms. The quantitative estimate of drug-likeness (QED) is 0.454. The van der Waals surface area contributed by atoms with Crippen LogP contribution in [0.2, 0.25) is 0 Å². The van der Waals surface area contributed by atoms with Gasteiger partial charge in [0.05, 0.1) is 0 Å². The average Bonchev–Trinajstić information content (AvgIpc) is 2.27. The van der Waals surface area contributed by atoms with Crippen LogP contribution in [-0.2, 0) is 10.1 Å². The van der Waals surface area contributed by atoms with Gasteiger partial charge in [0, 0.05) is 5.56 Å². The average molecular weight is 252 g/mol. The molecule has 0 fully saturated rings. The Bertz CT molecular complexity index is 644. The van der Waals surface area contributed by atoms with E-state index in [-0.39, 0.29) is 29.0 Å². The first kappa shape index (κ1) is 11.7. The molecule has 0 saturated heterocycles. The molecule has 0 heterocycles. The van der Waals surface area contributed by atoms with Crippen molar-refractivity contribution >= 4 is 21.6 Å². The van der Waals surface area contributed by atoms with Crippen LogP contribution >= 0.6 is 0 Å². The fourth-order valence-corrected chi connectivity index (χ4v) is 2.93. The van der Waals surface area contributed by atoms with Gasteiger partial charge in [-0.15, -0.1) is 0 Å². The van der Waals surface area contributed by atoms with E-state index >= 15 is 0 Å². The minimum absolute atomic E-state index is 0.138. The van der Waals surface area contributed by atoms with Gasteiger partial charge in [-0.2, -0.15) is 13.2 Å². The SMILES string of the molecule is [N-]=[N+]=C1CC(=O)c2ccccc2C1S(=O)(=O)O. The van der Waals surface area contributed by atoms with E-state index in [4.69, 9.17) is 10.1 Å². The number of nitrogens with zero attached hydrogens (tertiary/aromatic N) is 2. The van der Waals surface area contributed by atoms with E-state index in [1.807, 2.05) is 0 Å². The molecule has 0 saturated carbocycles. The van der Waals surface area contributed by atoms with Gasteiger partial charge in [-0.3, -0.25) is 9.35 Å². The Balaban J connectivity index is 2.77. The highest BCUT2D eigenvalue weighted by Gasteiger charge is 2.44. The number of rotatable bonds is 1. The zero-order valence-corrected chi connectivity index (χ0v) is 9.38. The molecule has 1 unspecified atom stereocenters. The van der Waals surface area contributed by atoms with Crippen molar-refractivity contribution < 1.29 is 22.6 Å². The van der Waals surface area contributed by atoms with Gasteiger partial charge >= 0.3 is 5.71 Å². The normalized spacial score (nSPS) is 19.7. The summed E-state index contributed by atoms with van der Waals surface area (Å²) in [6.07, 6.45) is -0.321. The van der Waals surface area contributed by atoms with Crippen LogP contribution < -0.4 is 0 Å². The van der Waals surface area contributed by atoms with E-state index in [1.54, 1.807) is 12.1 Å². The minimum atomic E-state index is -4.47. The third kappa shape index (κ3) is 1.91. The van der Waals surface area contributed by atoms with Crippen LogP contribution in [0, 0.1) is 0 Å². The van der Waals surface area contributed by atoms with Crippen molar-refractivity contribution in [2.75, 3.05) is 0 Å². The van der Waals surface area contributed by atoms with Gasteiger partial charge in [-0.25, -0.2) is 0 Å². The highest BCUT2D eigenvalue weighted by atomic mass is 32.2. The lowest BCUT2D eigenvalue weighted by molar-refractivity contribution is -0.0110. The second-order valence-electron chi connectivity index (χ2n) is 3.67. The van der Waals surface area contributed by atoms with Crippen LogP contribution in [0.4, 0.5) is 0 Å². The molecule has 0 amide bonds. The summed E-state index contributed by atoms with van der Waals surface area (Å²) in [6, 6.07) is 6.03. The Morgan fingerprint density at radius 2 is 2.00 bits per heavy atom. The van der Waals surface area contributed by atoms with Gasteiger partial charge in [0.15, 0.2) is 5.78 Å². The Morgan fingerprint density at radius 3 is 2.59 bits per heavy atom. The molecule has 88 valence electrons. The van der Waals surface area contributed by atoms with E-state index < -0.39 is 15.4 Å². The maximum atomic E-state index is 11.7. The lowest BCUT2D eigenvalue weighted by Crippen LogP contribution is -2.31. The first-order valence-electron chi connectivity index (χ1n) is 4.74. The lowest BCUT2D eigenvalue weighted by atomic mass is 9.89. The van der Waals surface area contributed by atoms with Crippen LogP contribution in [0.5, 0.6) is 0 Å². The number of ketones is 1. The summed E-state index contributed by atoms with van der Waals surface area (Å²) < 4.78 is 31.7. The molecular formula is C10H8N2O4S. The number of fused-ring (bicyclic) bond motifs is 1. The van der Waals surface area contributed by atoms with Crippen molar-refractivity contribution in [3.63, 3.8) is 0 Å². The standard InChI is InChI=1S/C10H8N2O4S/c11-12-8-5-9(13)6-3-1-2-4-7(6)10(8)17(14,15)16/h1-4,10H,5H2,(H,14,15,16). The van der Waals surface area contributed by atoms with Gasteiger partial charge in [0.25, 0.3) is 10.1 Å². The van der Waals surface area contributed by atoms with Gasteiger partial charge in [0.1, 0.15) is 6.42 Å². The summed E-state index contributed by atoms with van der Waals surface area (Å²) in [5.74, 6) is -0.340. The molecule has 1 aliphatic rings. The van der Waals surface area contributed by atoms with Crippen molar-refractivity contribution in [2.45, 2.75) is 11.7 Å². The van der Waals surface area contributed by atoms with Crippen molar-refractivity contribution in [1.29, 1.82) is 0 Å². The Hall–Kier alpha value is -1.82. The third-order valence-electron chi connectivity index (χ3n) is 2.61. The number of hydrogen-bond donors (Lipinski definition) is 1. The predicted molar refractivity (Wildman–Crippen MR) is 58.3 cm³/mol.